The van der Waals surface area contributed by atoms with Crippen molar-refractivity contribution in [3.63, 3.8) is 0 Å². The van der Waals surface area contributed by atoms with Crippen LogP contribution < -0.4 is 10.6 Å². The van der Waals surface area contributed by atoms with Gasteiger partial charge in [-0.25, -0.2) is 0 Å². The Balaban J connectivity index is 4.66. The standard InChI is InChI=1S/C15H34N2/c1-9-12(4)13(16-14(5,6)10-2)17-15(7,8)11-3/h12-13,16-17H,9-11H2,1-8H3. The Morgan fingerprint density at radius 1 is 0.824 bits per heavy atom. The predicted octanol–water partition coefficient (Wildman–Crippen LogP) is 3.92. The maximum atomic E-state index is 3.77. The molecule has 0 rings (SSSR count). The molecule has 2 N–H and O–H groups in total. The molecule has 0 radical (unpaired) electrons. The number of nitrogens with one attached hydrogen (secondary N) is 2. The highest BCUT2D eigenvalue weighted by atomic mass is 15.2. The molecule has 0 aromatic heterocycles. The maximum absolute atomic E-state index is 3.77. The highest BCUT2D eigenvalue weighted by Crippen LogP contribution is 2.17. The van der Waals surface area contributed by atoms with Gasteiger partial charge in [-0.15, -0.1) is 0 Å². The molecule has 0 aliphatic carbocycles. The third-order valence-corrected chi connectivity index (χ3v) is 4.07. The minimum absolute atomic E-state index is 0.199. The molecule has 1 atom stereocenters. The van der Waals surface area contributed by atoms with Gasteiger partial charge in [-0.05, 0) is 46.5 Å². The van der Waals surface area contributed by atoms with Gasteiger partial charge in [-0.3, -0.25) is 10.6 Å². The molecule has 2 nitrogen and oxygen atoms in total. The molecule has 1 unspecified atom stereocenters. The summed E-state index contributed by atoms with van der Waals surface area (Å²) < 4.78 is 0. The van der Waals surface area contributed by atoms with Crippen molar-refractivity contribution in [1.29, 1.82) is 0 Å². The lowest BCUT2D eigenvalue weighted by Gasteiger charge is -2.39. The van der Waals surface area contributed by atoms with Gasteiger partial charge in [0.1, 0.15) is 0 Å². The van der Waals surface area contributed by atoms with E-state index in [1.54, 1.807) is 0 Å². The molecule has 0 aliphatic rings. The van der Waals surface area contributed by atoms with Crippen molar-refractivity contribution in [2.75, 3.05) is 0 Å². The van der Waals surface area contributed by atoms with Crippen LogP contribution in [0.3, 0.4) is 0 Å². The summed E-state index contributed by atoms with van der Waals surface area (Å²) in [6.07, 6.45) is 3.89. The van der Waals surface area contributed by atoms with E-state index in [9.17, 15) is 0 Å². The van der Waals surface area contributed by atoms with E-state index in [0.717, 1.165) is 12.8 Å². The first-order chi connectivity index (χ1) is 7.67. The molecule has 0 fully saturated rings. The van der Waals surface area contributed by atoms with Crippen molar-refractivity contribution in [2.24, 2.45) is 5.92 Å². The summed E-state index contributed by atoms with van der Waals surface area (Å²) in [6, 6.07) is 0. The second kappa shape index (κ2) is 6.75. The zero-order valence-corrected chi connectivity index (χ0v) is 13.3. The van der Waals surface area contributed by atoms with Gasteiger partial charge in [-0.1, -0.05) is 34.1 Å². The second-order valence-electron chi connectivity index (χ2n) is 6.63. The molecule has 0 heterocycles. The Morgan fingerprint density at radius 2 is 1.18 bits per heavy atom. The van der Waals surface area contributed by atoms with Crippen LogP contribution in [0.25, 0.3) is 0 Å². The summed E-state index contributed by atoms with van der Waals surface area (Å²) in [5.41, 5.74) is 0.399. The maximum Gasteiger partial charge on any atom is 0.0606 e. The summed E-state index contributed by atoms with van der Waals surface area (Å²) in [7, 11) is 0. The van der Waals surface area contributed by atoms with Crippen molar-refractivity contribution in [3.8, 4) is 0 Å². The lowest BCUT2D eigenvalue weighted by atomic mass is 9.94. The molecule has 0 spiro atoms. The molecular weight excluding hydrogens is 208 g/mol. The molecule has 0 aromatic carbocycles. The topological polar surface area (TPSA) is 24.1 Å². The first kappa shape index (κ1) is 16.9. The average Bonchev–Trinajstić information content (AvgIpc) is 2.26. The van der Waals surface area contributed by atoms with Crippen molar-refractivity contribution >= 4 is 0 Å². The van der Waals surface area contributed by atoms with Gasteiger partial charge in [-0.2, -0.15) is 0 Å². The Labute approximate surface area is 109 Å². The second-order valence-corrected chi connectivity index (χ2v) is 6.63. The molecule has 0 bridgehead atoms. The number of rotatable bonds is 8. The Hall–Kier alpha value is -0.0800. The minimum atomic E-state index is 0.199. The molecule has 0 saturated carbocycles. The van der Waals surface area contributed by atoms with E-state index < -0.39 is 0 Å². The number of hydrogen-bond donors (Lipinski definition) is 2. The van der Waals surface area contributed by atoms with Crippen LogP contribution in [-0.2, 0) is 0 Å². The van der Waals surface area contributed by atoms with Crippen molar-refractivity contribution in [3.05, 3.63) is 0 Å². The van der Waals surface area contributed by atoms with E-state index in [1.165, 1.54) is 6.42 Å². The Morgan fingerprint density at radius 3 is 1.41 bits per heavy atom. The Bertz CT molecular complexity index is 191. The van der Waals surface area contributed by atoms with Gasteiger partial charge in [0.15, 0.2) is 0 Å². The van der Waals surface area contributed by atoms with Crippen LogP contribution in [0.15, 0.2) is 0 Å². The average molecular weight is 242 g/mol. The van der Waals surface area contributed by atoms with Gasteiger partial charge in [0.2, 0.25) is 0 Å². The summed E-state index contributed by atoms with van der Waals surface area (Å²) in [4.78, 5) is 0. The third-order valence-electron chi connectivity index (χ3n) is 4.07. The summed E-state index contributed by atoms with van der Waals surface area (Å²) in [6.45, 7) is 18.2. The van der Waals surface area contributed by atoms with Crippen LogP contribution in [0.2, 0.25) is 0 Å². The predicted molar refractivity (Wildman–Crippen MR) is 78.3 cm³/mol. The minimum Gasteiger partial charge on any atom is -0.297 e. The fourth-order valence-electron chi connectivity index (χ4n) is 1.60. The van der Waals surface area contributed by atoms with Crippen LogP contribution in [-0.4, -0.2) is 17.2 Å². The van der Waals surface area contributed by atoms with Gasteiger partial charge >= 0.3 is 0 Å². The van der Waals surface area contributed by atoms with Crippen molar-refractivity contribution in [2.45, 2.75) is 91.9 Å². The SMILES string of the molecule is CCC(C)C(NC(C)(C)CC)NC(C)(C)CC. The van der Waals surface area contributed by atoms with Gasteiger partial charge in [0, 0.05) is 11.1 Å². The smallest absolute Gasteiger partial charge is 0.0606 e. The van der Waals surface area contributed by atoms with Crippen LogP contribution in [0, 0.1) is 5.92 Å². The third kappa shape index (κ3) is 6.42. The molecule has 104 valence electrons. The monoisotopic (exact) mass is 242 g/mol. The Kier molecular flexibility index (Phi) is 6.71. The fourth-order valence-corrected chi connectivity index (χ4v) is 1.60. The first-order valence-corrected chi connectivity index (χ1v) is 7.22. The van der Waals surface area contributed by atoms with E-state index in [0.29, 0.717) is 12.1 Å². The highest BCUT2D eigenvalue weighted by molar-refractivity contribution is 4.87. The van der Waals surface area contributed by atoms with E-state index in [-0.39, 0.29) is 11.1 Å². The van der Waals surface area contributed by atoms with Crippen LogP contribution >= 0.6 is 0 Å². The fraction of sp³-hybridized carbons (Fsp3) is 1.00. The molecule has 0 aromatic rings. The van der Waals surface area contributed by atoms with Gasteiger partial charge in [0.25, 0.3) is 0 Å². The molecular formula is C15H34N2. The largest absolute Gasteiger partial charge is 0.297 e. The van der Waals surface area contributed by atoms with Crippen LogP contribution in [0.1, 0.15) is 74.7 Å². The zero-order chi connectivity index (χ0) is 13.7. The summed E-state index contributed by atoms with van der Waals surface area (Å²) >= 11 is 0. The van der Waals surface area contributed by atoms with Gasteiger partial charge < -0.3 is 0 Å². The van der Waals surface area contributed by atoms with E-state index in [1.807, 2.05) is 0 Å². The molecule has 2 heteroatoms. The van der Waals surface area contributed by atoms with E-state index in [2.05, 4.69) is 66.0 Å². The molecule has 17 heavy (non-hydrogen) atoms. The zero-order valence-electron chi connectivity index (χ0n) is 13.3. The quantitative estimate of drug-likeness (QED) is 0.631. The number of hydrogen-bond acceptors (Lipinski definition) is 2. The van der Waals surface area contributed by atoms with Crippen LogP contribution in [0.4, 0.5) is 0 Å². The molecule has 0 amide bonds. The molecule has 0 saturated heterocycles. The van der Waals surface area contributed by atoms with E-state index in [4.69, 9.17) is 0 Å². The van der Waals surface area contributed by atoms with E-state index >= 15 is 0 Å². The lowest BCUT2D eigenvalue weighted by Crippen LogP contribution is -2.60. The van der Waals surface area contributed by atoms with Gasteiger partial charge in [0.05, 0.1) is 6.17 Å². The first-order valence-electron chi connectivity index (χ1n) is 7.22. The summed E-state index contributed by atoms with van der Waals surface area (Å²) in [5, 5.41) is 7.55. The van der Waals surface area contributed by atoms with Crippen LogP contribution in [0.5, 0.6) is 0 Å². The lowest BCUT2D eigenvalue weighted by molar-refractivity contribution is 0.184. The summed E-state index contributed by atoms with van der Waals surface area (Å²) in [5.74, 6) is 0.645. The normalized spacial score (nSPS) is 15.4. The van der Waals surface area contributed by atoms with Crippen molar-refractivity contribution < 1.29 is 0 Å². The highest BCUT2D eigenvalue weighted by Gasteiger charge is 2.27. The van der Waals surface area contributed by atoms with Crippen molar-refractivity contribution in [1.82, 2.24) is 10.6 Å². The molecule has 0 aliphatic heterocycles.